The zero-order valence-corrected chi connectivity index (χ0v) is 11.9. The lowest BCUT2D eigenvalue weighted by Gasteiger charge is -2.31. The molecule has 1 aliphatic heterocycles. The molecule has 1 unspecified atom stereocenters. The monoisotopic (exact) mass is 270 g/mol. The van der Waals surface area contributed by atoms with Crippen molar-refractivity contribution >= 4 is 5.69 Å². The minimum atomic E-state index is -0.253. The van der Waals surface area contributed by atoms with Crippen LogP contribution in [0, 0.1) is 12.8 Å². The quantitative estimate of drug-likeness (QED) is 0.911. The number of rotatable bonds is 2. The van der Waals surface area contributed by atoms with Crippen molar-refractivity contribution in [3.8, 4) is 11.4 Å². The van der Waals surface area contributed by atoms with E-state index in [0.29, 0.717) is 17.4 Å². The Morgan fingerprint density at radius 3 is 2.85 bits per heavy atom. The molecule has 1 aromatic heterocycles. The highest BCUT2D eigenvalue weighted by Gasteiger charge is 2.26. The molecule has 20 heavy (non-hydrogen) atoms. The molecule has 104 valence electrons. The predicted molar refractivity (Wildman–Crippen MR) is 78.6 cm³/mol. The number of para-hydroxylation sites is 1. The Morgan fingerprint density at radius 2 is 2.10 bits per heavy atom. The van der Waals surface area contributed by atoms with E-state index in [1.807, 2.05) is 28.9 Å². The minimum Gasteiger partial charge on any atom is -0.363 e. The van der Waals surface area contributed by atoms with Gasteiger partial charge in [-0.1, -0.05) is 26.0 Å². The van der Waals surface area contributed by atoms with Gasteiger partial charge in [0.25, 0.3) is 5.56 Å². The van der Waals surface area contributed by atoms with Gasteiger partial charge in [-0.3, -0.25) is 4.79 Å². The molecule has 3 rings (SSSR count). The van der Waals surface area contributed by atoms with E-state index in [4.69, 9.17) is 0 Å². The molecule has 5 heteroatoms. The van der Waals surface area contributed by atoms with Crippen molar-refractivity contribution in [1.29, 1.82) is 0 Å². The molecule has 1 atom stereocenters. The van der Waals surface area contributed by atoms with Crippen LogP contribution in [0.15, 0.2) is 29.1 Å². The molecule has 1 N–H and O–H groups in total. The lowest BCUT2D eigenvalue weighted by atomic mass is 10.0. The van der Waals surface area contributed by atoms with Gasteiger partial charge in [-0.15, -0.1) is 0 Å². The smallest absolute Gasteiger partial charge is 0.294 e. The standard InChI is InChI=1S/C15H18N4O/c1-9(2)8-13-16-12-7-5-4-6-11(12)14-17-15(20)10(3)18-19(13)14/h4-7,9,13,16H,8H2,1-3H3. The molecule has 0 amide bonds. The van der Waals surface area contributed by atoms with E-state index < -0.39 is 0 Å². The van der Waals surface area contributed by atoms with Crippen LogP contribution in [0.2, 0.25) is 0 Å². The van der Waals surface area contributed by atoms with Gasteiger partial charge in [0, 0.05) is 11.3 Å². The molecule has 0 spiro atoms. The average Bonchev–Trinajstić information content (AvgIpc) is 2.40. The van der Waals surface area contributed by atoms with Crippen molar-refractivity contribution in [3.05, 3.63) is 40.3 Å². The Kier molecular flexibility index (Phi) is 3.04. The van der Waals surface area contributed by atoms with Gasteiger partial charge in [0.05, 0.1) is 0 Å². The minimum absolute atomic E-state index is 0.0340. The van der Waals surface area contributed by atoms with E-state index in [-0.39, 0.29) is 11.7 Å². The maximum absolute atomic E-state index is 11.8. The summed E-state index contributed by atoms with van der Waals surface area (Å²) in [6.45, 7) is 6.05. The van der Waals surface area contributed by atoms with Crippen LogP contribution in [-0.2, 0) is 0 Å². The van der Waals surface area contributed by atoms with Crippen LogP contribution in [0.4, 0.5) is 5.69 Å². The van der Waals surface area contributed by atoms with Gasteiger partial charge in [0.15, 0.2) is 5.82 Å². The third-order valence-electron chi connectivity index (χ3n) is 3.47. The van der Waals surface area contributed by atoms with Gasteiger partial charge in [-0.2, -0.15) is 10.1 Å². The Morgan fingerprint density at radius 1 is 1.35 bits per heavy atom. The van der Waals surface area contributed by atoms with Gasteiger partial charge in [0.2, 0.25) is 0 Å². The second kappa shape index (κ2) is 4.74. The highest BCUT2D eigenvalue weighted by Crippen LogP contribution is 2.35. The van der Waals surface area contributed by atoms with Crippen LogP contribution in [0.1, 0.15) is 32.1 Å². The second-order valence-electron chi connectivity index (χ2n) is 5.61. The zero-order valence-electron chi connectivity index (χ0n) is 11.9. The average molecular weight is 270 g/mol. The summed E-state index contributed by atoms with van der Waals surface area (Å²) in [5, 5.41) is 7.92. The third-order valence-corrected chi connectivity index (χ3v) is 3.47. The first kappa shape index (κ1) is 12.8. The van der Waals surface area contributed by atoms with E-state index >= 15 is 0 Å². The fourth-order valence-corrected chi connectivity index (χ4v) is 2.53. The molecular formula is C15H18N4O. The second-order valence-corrected chi connectivity index (χ2v) is 5.61. The Bertz CT molecular complexity index is 705. The number of aromatic nitrogens is 3. The van der Waals surface area contributed by atoms with Crippen molar-refractivity contribution in [2.45, 2.75) is 33.4 Å². The maximum Gasteiger partial charge on any atom is 0.294 e. The Labute approximate surface area is 117 Å². The van der Waals surface area contributed by atoms with Crippen LogP contribution >= 0.6 is 0 Å². The molecule has 1 aromatic carbocycles. The normalized spacial score (nSPS) is 16.5. The van der Waals surface area contributed by atoms with E-state index in [9.17, 15) is 4.79 Å². The Hall–Kier alpha value is -2.17. The Balaban J connectivity index is 2.20. The van der Waals surface area contributed by atoms with Crippen molar-refractivity contribution < 1.29 is 0 Å². The van der Waals surface area contributed by atoms with Gasteiger partial charge in [-0.25, -0.2) is 4.68 Å². The van der Waals surface area contributed by atoms with Gasteiger partial charge >= 0.3 is 0 Å². The summed E-state index contributed by atoms with van der Waals surface area (Å²) in [4.78, 5) is 16.0. The van der Waals surface area contributed by atoms with Gasteiger partial charge in [-0.05, 0) is 31.4 Å². The summed E-state index contributed by atoms with van der Waals surface area (Å²) in [6, 6.07) is 7.90. The number of fused-ring (bicyclic) bond motifs is 3. The lowest BCUT2D eigenvalue weighted by Crippen LogP contribution is -2.32. The van der Waals surface area contributed by atoms with Crippen LogP contribution in [0.5, 0.6) is 0 Å². The zero-order chi connectivity index (χ0) is 14.3. The van der Waals surface area contributed by atoms with Crippen LogP contribution in [-0.4, -0.2) is 14.8 Å². The first-order valence-electron chi connectivity index (χ1n) is 6.89. The summed E-state index contributed by atoms with van der Waals surface area (Å²) in [6.07, 6.45) is 0.963. The first-order chi connectivity index (χ1) is 9.56. The van der Waals surface area contributed by atoms with Gasteiger partial charge < -0.3 is 5.32 Å². The first-order valence-corrected chi connectivity index (χ1v) is 6.89. The predicted octanol–water partition coefficient (Wildman–Crippen LogP) is 2.58. The van der Waals surface area contributed by atoms with Crippen molar-refractivity contribution in [1.82, 2.24) is 14.8 Å². The summed E-state index contributed by atoms with van der Waals surface area (Å²) in [7, 11) is 0. The number of hydrogen-bond donors (Lipinski definition) is 1. The molecule has 0 saturated carbocycles. The molecule has 5 nitrogen and oxygen atoms in total. The molecule has 2 aromatic rings. The number of aryl methyl sites for hydroxylation is 1. The molecule has 0 fully saturated rings. The number of hydrogen-bond acceptors (Lipinski definition) is 4. The topological polar surface area (TPSA) is 59.8 Å². The number of benzene rings is 1. The maximum atomic E-state index is 11.8. The van der Waals surface area contributed by atoms with E-state index in [1.54, 1.807) is 6.92 Å². The van der Waals surface area contributed by atoms with E-state index in [1.165, 1.54) is 0 Å². The van der Waals surface area contributed by atoms with Crippen LogP contribution < -0.4 is 10.9 Å². The van der Waals surface area contributed by atoms with Crippen molar-refractivity contribution in [2.24, 2.45) is 5.92 Å². The van der Waals surface area contributed by atoms with Crippen LogP contribution in [0.25, 0.3) is 11.4 Å². The molecule has 2 heterocycles. The number of anilines is 1. The number of nitrogens with one attached hydrogen (secondary N) is 1. The molecule has 0 bridgehead atoms. The highest BCUT2D eigenvalue weighted by molar-refractivity contribution is 5.75. The number of nitrogens with zero attached hydrogens (tertiary/aromatic N) is 3. The van der Waals surface area contributed by atoms with Crippen LogP contribution in [0.3, 0.4) is 0 Å². The fraction of sp³-hybridized carbons (Fsp3) is 0.400. The van der Waals surface area contributed by atoms with Crippen molar-refractivity contribution in [2.75, 3.05) is 5.32 Å². The summed E-state index contributed by atoms with van der Waals surface area (Å²) in [5.74, 6) is 1.17. The van der Waals surface area contributed by atoms with E-state index in [2.05, 4.69) is 29.2 Å². The van der Waals surface area contributed by atoms with Crippen molar-refractivity contribution in [3.63, 3.8) is 0 Å². The lowest BCUT2D eigenvalue weighted by molar-refractivity contribution is 0.394. The molecule has 1 aliphatic rings. The molecule has 0 aliphatic carbocycles. The van der Waals surface area contributed by atoms with E-state index in [0.717, 1.165) is 17.7 Å². The highest BCUT2D eigenvalue weighted by atomic mass is 16.1. The summed E-state index contributed by atoms with van der Waals surface area (Å²) < 4.78 is 1.85. The summed E-state index contributed by atoms with van der Waals surface area (Å²) >= 11 is 0. The molecule has 0 radical (unpaired) electrons. The molecular weight excluding hydrogens is 252 g/mol. The fourth-order valence-electron chi connectivity index (χ4n) is 2.53. The van der Waals surface area contributed by atoms with Gasteiger partial charge in [0.1, 0.15) is 11.9 Å². The summed E-state index contributed by atoms with van der Waals surface area (Å²) in [5.41, 5.74) is 2.12. The largest absolute Gasteiger partial charge is 0.363 e. The third kappa shape index (κ3) is 2.09. The SMILES string of the molecule is Cc1nn2c(nc1=O)-c1ccccc1NC2CC(C)C. The molecule has 0 saturated heterocycles.